The number of carbonyl (C=O) groups excluding carboxylic acids is 1. The van der Waals surface area contributed by atoms with Crippen LogP contribution in [0.1, 0.15) is 26.7 Å². The van der Waals surface area contributed by atoms with Crippen LogP contribution in [0.3, 0.4) is 0 Å². The van der Waals surface area contributed by atoms with Crippen LogP contribution in [-0.2, 0) is 14.8 Å². The molecule has 3 rings (SSSR count). The van der Waals surface area contributed by atoms with Crippen molar-refractivity contribution in [3.05, 3.63) is 18.2 Å². The lowest BCUT2D eigenvalue weighted by Gasteiger charge is -2.27. The zero-order chi connectivity index (χ0) is 19.6. The first-order chi connectivity index (χ1) is 12.9. The van der Waals surface area contributed by atoms with Crippen molar-refractivity contribution in [3.63, 3.8) is 0 Å². The molecule has 1 aliphatic carbocycles. The Morgan fingerprint density at radius 1 is 1.22 bits per heavy atom. The van der Waals surface area contributed by atoms with Crippen molar-refractivity contribution in [1.82, 2.24) is 9.21 Å². The molecule has 1 amide bonds. The summed E-state index contributed by atoms with van der Waals surface area (Å²) in [4.78, 5) is 14.6. The smallest absolute Gasteiger partial charge is 0.244 e. The van der Waals surface area contributed by atoms with Crippen molar-refractivity contribution >= 4 is 27.7 Å². The van der Waals surface area contributed by atoms with Crippen LogP contribution in [0, 0.1) is 0 Å². The van der Waals surface area contributed by atoms with Crippen LogP contribution >= 0.6 is 11.8 Å². The molecule has 27 heavy (non-hydrogen) atoms. The molecular formula is C18H26N2O5S2. The Hall–Kier alpha value is -1.45. The van der Waals surface area contributed by atoms with E-state index >= 15 is 0 Å². The van der Waals surface area contributed by atoms with Crippen LogP contribution in [0.4, 0.5) is 0 Å². The van der Waals surface area contributed by atoms with Crippen LogP contribution < -0.4 is 9.47 Å². The van der Waals surface area contributed by atoms with E-state index in [0.717, 1.165) is 12.8 Å². The Morgan fingerprint density at radius 2 is 1.89 bits per heavy atom. The van der Waals surface area contributed by atoms with Gasteiger partial charge >= 0.3 is 0 Å². The lowest BCUT2D eigenvalue weighted by atomic mass is 10.3. The number of hydrogen-bond donors (Lipinski definition) is 0. The van der Waals surface area contributed by atoms with Gasteiger partial charge in [-0.1, -0.05) is 0 Å². The molecule has 1 saturated heterocycles. The molecule has 0 N–H and O–H groups in total. The number of sulfonamides is 1. The van der Waals surface area contributed by atoms with E-state index in [1.54, 1.807) is 18.0 Å². The van der Waals surface area contributed by atoms with Gasteiger partial charge in [-0.3, -0.25) is 4.79 Å². The SMILES string of the molecule is CCOc1ccc(S(=O)(=O)N2CSCC2C(=O)N(C)C2CC2)cc1OCC. The number of rotatable bonds is 8. The highest BCUT2D eigenvalue weighted by Gasteiger charge is 2.43. The minimum absolute atomic E-state index is 0.115. The zero-order valence-corrected chi connectivity index (χ0v) is 17.5. The fourth-order valence-electron chi connectivity index (χ4n) is 3.06. The Kier molecular flexibility index (Phi) is 6.22. The minimum atomic E-state index is -3.81. The monoisotopic (exact) mass is 414 g/mol. The molecule has 0 aromatic heterocycles. The molecule has 1 unspecified atom stereocenters. The third-order valence-corrected chi connectivity index (χ3v) is 7.72. The maximum absolute atomic E-state index is 13.2. The van der Waals surface area contributed by atoms with E-state index in [4.69, 9.17) is 9.47 Å². The summed E-state index contributed by atoms with van der Waals surface area (Å²) in [7, 11) is -2.05. The molecule has 150 valence electrons. The average Bonchev–Trinajstić information content (AvgIpc) is 3.38. The fraction of sp³-hybridized carbons (Fsp3) is 0.611. The van der Waals surface area contributed by atoms with Crippen LogP contribution in [0.25, 0.3) is 0 Å². The molecule has 1 aromatic carbocycles. The van der Waals surface area contributed by atoms with Crippen LogP contribution in [0.2, 0.25) is 0 Å². The second-order valence-corrected chi connectivity index (χ2v) is 9.45. The average molecular weight is 415 g/mol. The van der Waals surface area contributed by atoms with Gasteiger partial charge in [-0.05, 0) is 38.8 Å². The molecule has 7 nitrogen and oxygen atoms in total. The molecule has 0 bridgehead atoms. The molecule has 9 heteroatoms. The van der Waals surface area contributed by atoms with E-state index in [1.165, 1.54) is 28.2 Å². The zero-order valence-electron chi connectivity index (χ0n) is 15.9. The van der Waals surface area contributed by atoms with Crippen LogP contribution in [-0.4, -0.2) is 67.5 Å². The van der Waals surface area contributed by atoms with Gasteiger partial charge in [-0.25, -0.2) is 8.42 Å². The highest BCUT2D eigenvalue weighted by Crippen LogP contribution is 2.35. The predicted octanol–water partition coefficient (Wildman–Crippen LogP) is 2.17. The van der Waals surface area contributed by atoms with Gasteiger partial charge in [0.2, 0.25) is 15.9 Å². The highest BCUT2D eigenvalue weighted by atomic mass is 32.2. The van der Waals surface area contributed by atoms with Gasteiger partial charge in [0.1, 0.15) is 6.04 Å². The van der Waals surface area contributed by atoms with Crippen LogP contribution in [0.15, 0.2) is 23.1 Å². The van der Waals surface area contributed by atoms with E-state index < -0.39 is 16.1 Å². The number of amides is 1. The first kappa shape index (κ1) is 20.3. The number of thioether (sulfide) groups is 1. The Balaban J connectivity index is 1.88. The molecular weight excluding hydrogens is 388 g/mol. The van der Waals surface area contributed by atoms with E-state index in [0.29, 0.717) is 30.5 Å². The Labute approximate surface area is 165 Å². The Bertz CT molecular complexity index is 795. The quantitative estimate of drug-likeness (QED) is 0.649. The third-order valence-electron chi connectivity index (χ3n) is 4.69. The summed E-state index contributed by atoms with van der Waals surface area (Å²) in [5.74, 6) is 1.53. The number of carbonyl (C=O) groups is 1. The molecule has 1 aromatic rings. The maximum Gasteiger partial charge on any atom is 0.244 e. The molecule has 1 atom stereocenters. The predicted molar refractivity (Wildman–Crippen MR) is 105 cm³/mol. The largest absolute Gasteiger partial charge is 0.490 e. The standard InChI is InChI=1S/C18H26N2O5S2/c1-4-24-16-9-8-14(10-17(16)25-5-2)27(22,23)20-12-26-11-15(20)18(21)19(3)13-6-7-13/h8-10,13,15H,4-7,11-12H2,1-3H3. The minimum Gasteiger partial charge on any atom is -0.490 e. The van der Waals surface area contributed by atoms with Crippen molar-refractivity contribution < 1.29 is 22.7 Å². The Morgan fingerprint density at radius 3 is 2.52 bits per heavy atom. The molecule has 0 radical (unpaired) electrons. The van der Waals surface area contributed by atoms with Gasteiger partial charge in [0.05, 0.1) is 24.0 Å². The van der Waals surface area contributed by atoms with E-state index in [9.17, 15) is 13.2 Å². The maximum atomic E-state index is 13.2. The highest BCUT2D eigenvalue weighted by molar-refractivity contribution is 8.00. The second-order valence-electron chi connectivity index (χ2n) is 6.56. The molecule has 1 heterocycles. The fourth-order valence-corrected chi connectivity index (χ4v) is 6.21. The van der Waals surface area contributed by atoms with Gasteiger partial charge in [-0.15, -0.1) is 11.8 Å². The van der Waals surface area contributed by atoms with Crippen molar-refractivity contribution in [2.75, 3.05) is 31.9 Å². The van der Waals surface area contributed by atoms with Crippen molar-refractivity contribution in [1.29, 1.82) is 0 Å². The molecule has 2 fully saturated rings. The summed E-state index contributed by atoms with van der Waals surface area (Å²) in [6.07, 6.45) is 1.98. The number of likely N-dealkylation sites (N-methyl/N-ethyl adjacent to an activating group) is 1. The van der Waals surface area contributed by atoms with Crippen LogP contribution in [0.5, 0.6) is 11.5 Å². The number of ether oxygens (including phenoxy) is 2. The van der Waals surface area contributed by atoms with Crippen molar-refractivity contribution in [2.24, 2.45) is 0 Å². The number of nitrogens with zero attached hydrogens (tertiary/aromatic N) is 2. The summed E-state index contributed by atoms with van der Waals surface area (Å²) < 4.78 is 38.8. The van der Waals surface area contributed by atoms with Crippen molar-refractivity contribution in [3.8, 4) is 11.5 Å². The third kappa shape index (κ3) is 4.20. The summed E-state index contributed by atoms with van der Waals surface area (Å²) in [6.45, 7) is 4.54. The molecule has 1 saturated carbocycles. The number of hydrogen-bond acceptors (Lipinski definition) is 6. The topological polar surface area (TPSA) is 76.2 Å². The lowest BCUT2D eigenvalue weighted by molar-refractivity contribution is -0.133. The first-order valence-electron chi connectivity index (χ1n) is 9.16. The van der Waals surface area contributed by atoms with Gasteiger partial charge < -0.3 is 14.4 Å². The lowest BCUT2D eigenvalue weighted by Crippen LogP contribution is -2.48. The summed E-state index contributed by atoms with van der Waals surface area (Å²) in [6, 6.07) is 4.20. The van der Waals surface area contributed by atoms with E-state index in [-0.39, 0.29) is 22.7 Å². The molecule has 0 spiro atoms. The second kappa shape index (κ2) is 8.28. The van der Waals surface area contributed by atoms with Gasteiger partial charge in [-0.2, -0.15) is 4.31 Å². The molecule has 1 aliphatic heterocycles. The first-order valence-corrected chi connectivity index (χ1v) is 11.8. The summed E-state index contributed by atoms with van der Waals surface area (Å²) in [5.41, 5.74) is 0. The van der Waals surface area contributed by atoms with Gasteiger partial charge in [0.15, 0.2) is 11.5 Å². The van der Waals surface area contributed by atoms with Gasteiger partial charge in [0, 0.05) is 24.9 Å². The summed E-state index contributed by atoms with van der Waals surface area (Å²) in [5, 5.41) is 0. The molecule has 2 aliphatic rings. The van der Waals surface area contributed by atoms with E-state index in [2.05, 4.69) is 0 Å². The number of benzene rings is 1. The van der Waals surface area contributed by atoms with E-state index in [1.807, 2.05) is 13.8 Å². The normalized spacial score (nSPS) is 20.5. The van der Waals surface area contributed by atoms with Crippen molar-refractivity contribution in [2.45, 2.75) is 43.7 Å². The summed E-state index contributed by atoms with van der Waals surface area (Å²) >= 11 is 1.46. The van der Waals surface area contributed by atoms with Gasteiger partial charge in [0.25, 0.3) is 0 Å².